The molecule has 2 aliphatic heterocycles. The molecule has 0 saturated carbocycles. The second-order valence-electron chi connectivity index (χ2n) is 11.2. The Morgan fingerprint density at radius 3 is 2.36 bits per heavy atom. The molecular formula is C30H36F5NO5S. The molecule has 2 heterocycles. The number of unbranched alkanes of at least 4 members (excludes halogenated alkanes) is 1. The van der Waals surface area contributed by atoms with Crippen molar-refractivity contribution in [2.24, 2.45) is 4.99 Å². The Bertz CT molecular complexity index is 1230. The van der Waals surface area contributed by atoms with Crippen LogP contribution in [-0.2, 0) is 21.3 Å². The van der Waals surface area contributed by atoms with Crippen molar-refractivity contribution < 1.29 is 46.2 Å². The van der Waals surface area contributed by atoms with E-state index >= 15 is 0 Å². The van der Waals surface area contributed by atoms with Crippen LogP contribution in [0.5, 0.6) is 17.2 Å². The molecule has 2 aromatic rings. The Morgan fingerprint density at radius 1 is 0.952 bits per heavy atom. The van der Waals surface area contributed by atoms with Crippen LogP contribution in [0.1, 0.15) is 68.9 Å². The molecule has 0 spiro atoms. The summed E-state index contributed by atoms with van der Waals surface area (Å²) < 4.78 is 86.6. The Balaban J connectivity index is 1.27. The standard InChI is InChI=1S/C30H36F5NO5S/c1-28(20-6-9-22(37)10-7-20)19-41-26-17-23(38)11-12-24(26)25(28)13-8-21-18-40-27(36-21)5-2-3-15-42(39)16-4-14-29(31,32)30(33,34)35/h6-7,9-12,17,21,25,37-38H,2-5,8,13-16,18-19H2,1H3. The lowest BCUT2D eigenvalue weighted by molar-refractivity contribution is -0.284. The zero-order valence-electron chi connectivity index (χ0n) is 23.3. The number of ether oxygens (including phenoxy) is 2. The van der Waals surface area contributed by atoms with Gasteiger partial charge in [-0.25, -0.2) is 4.99 Å². The molecular weight excluding hydrogens is 581 g/mol. The average Bonchev–Trinajstić information content (AvgIpc) is 3.38. The van der Waals surface area contributed by atoms with Crippen LogP contribution in [0.3, 0.4) is 0 Å². The highest BCUT2D eigenvalue weighted by Gasteiger charge is 2.56. The summed E-state index contributed by atoms with van der Waals surface area (Å²) in [6.45, 7) is 2.97. The summed E-state index contributed by atoms with van der Waals surface area (Å²) in [5.41, 5.74) is 1.64. The Morgan fingerprint density at radius 2 is 1.64 bits per heavy atom. The van der Waals surface area contributed by atoms with E-state index in [1.807, 2.05) is 18.2 Å². The predicted molar refractivity (Wildman–Crippen MR) is 150 cm³/mol. The third kappa shape index (κ3) is 7.80. The first-order valence-electron chi connectivity index (χ1n) is 14.0. The van der Waals surface area contributed by atoms with E-state index < -0.39 is 36.1 Å². The number of fused-ring (bicyclic) bond motifs is 1. The van der Waals surface area contributed by atoms with E-state index in [2.05, 4.69) is 6.92 Å². The van der Waals surface area contributed by atoms with Gasteiger partial charge in [-0.2, -0.15) is 22.0 Å². The van der Waals surface area contributed by atoms with Crippen LogP contribution in [0, 0.1) is 0 Å². The zero-order valence-corrected chi connectivity index (χ0v) is 24.2. The molecule has 4 rings (SSSR count). The van der Waals surface area contributed by atoms with Crippen molar-refractivity contribution in [3.05, 3.63) is 53.6 Å². The minimum atomic E-state index is -5.58. The predicted octanol–water partition coefficient (Wildman–Crippen LogP) is 7.01. The number of phenols is 2. The summed E-state index contributed by atoms with van der Waals surface area (Å²) >= 11 is -1.46. The molecule has 0 aromatic heterocycles. The molecule has 232 valence electrons. The van der Waals surface area contributed by atoms with E-state index in [4.69, 9.17) is 14.5 Å². The maximum atomic E-state index is 13.0. The third-order valence-corrected chi connectivity index (χ3v) is 9.53. The number of hydrogen-bond donors (Lipinski definition) is 2. The third-order valence-electron chi connectivity index (χ3n) is 8.04. The van der Waals surface area contributed by atoms with Crippen molar-refractivity contribution in [2.75, 3.05) is 24.7 Å². The highest BCUT2D eigenvalue weighted by molar-refractivity contribution is 7.91. The van der Waals surface area contributed by atoms with Crippen LogP contribution in [0.15, 0.2) is 47.5 Å². The molecule has 6 nitrogen and oxygen atoms in total. The number of rotatable bonds is 13. The molecule has 2 N–H and O–H groups in total. The van der Waals surface area contributed by atoms with Crippen molar-refractivity contribution in [1.29, 1.82) is 0 Å². The SMILES string of the molecule is CC1(c2ccc(O)cc2)COc2cc(O)ccc2C1CCC1COC(CCCC[S+]([O-])CCCC(F)(F)C(F)(F)F)=N1. The molecule has 0 saturated heterocycles. The van der Waals surface area contributed by atoms with Crippen LogP contribution in [0.4, 0.5) is 22.0 Å². The molecule has 0 amide bonds. The number of nitrogens with zero attached hydrogens (tertiary/aromatic N) is 1. The van der Waals surface area contributed by atoms with Crippen LogP contribution >= 0.6 is 0 Å². The zero-order chi connectivity index (χ0) is 30.5. The van der Waals surface area contributed by atoms with Crippen molar-refractivity contribution in [3.63, 3.8) is 0 Å². The molecule has 4 atom stereocenters. The van der Waals surface area contributed by atoms with Gasteiger partial charge in [0.05, 0.1) is 12.6 Å². The van der Waals surface area contributed by atoms with Gasteiger partial charge in [0.2, 0.25) is 0 Å². The lowest BCUT2D eigenvalue weighted by Crippen LogP contribution is -2.40. The van der Waals surface area contributed by atoms with Crippen molar-refractivity contribution in [2.45, 2.75) is 81.3 Å². The van der Waals surface area contributed by atoms with Crippen molar-refractivity contribution in [1.82, 2.24) is 0 Å². The number of hydrogen-bond acceptors (Lipinski definition) is 6. The summed E-state index contributed by atoms with van der Waals surface area (Å²) in [4.78, 5) is 4.72. The fourth-order valence-electron chi connectivity index (χ4n) is 5.56. The van der Waals surface area contributed by atoms with Gasteiger partial charge in [0.1, 0.15) is 35.4 Å². The van der Waals surface area contributed by atoms with Gasteiger partial charge in [-0.05, 0) is 61.4 Å². The number of benzene rings is 2. The maximum absolute atomic E-state index is 13.0. The molecule has 42 heavy (non-hydrogen) atoms. The number of phenolic OH excluding ortho intramolecular Hbond substituents is 2. The average molecular weight is 618 g/mol. The van der Waals surface area contributed by atoms with Crippen LogP contribution in [-0.4, -0.2) is 63.5 Å². The highest BCUT2D eigenvalue weighted by atomic mass is 32.2. The summed E-state index contributed by atoms with van der Waals surface area (Å²) in [7, 11) is 0. The summed E-state index contributed by atoms with van der Waals surface area (Å²) in [5, 5.41) is 19.8. The van der Waals surface area contributed by atoms with Gasteiger partial charge in [-0.15, -0.1) is 0 Å². The van der Waals surface area contributed by atoms with Crippen molar-refractivity contribution in [3.8, 4) is 17.2 Å². The van der Waals surface area contributed by atoms with E-state index in [-0.39, 0.29) is 40.4 Å². The lowest BCUT2D eigenvalue weighted by Gasteiger charge is -2.43. The maximum Gasteiger partial charge on any atom is 0.453 e. The first-order chi connectivity index (χ1) is 19.8. The second-order valence-corrected chi connectivity index (χ2v) is 12.9. The van der Waals surface area contributed by atoms with Crippen molar-refractivity contribution >= 4 is 17.1 Å². The van der Waals surface area contributed by atoms with Gasteiger partial charge in [0.25, 0.3) is 0 Å². The quantitative estimate of drug-likeness (QED) is 0.143. The van der Waals surface area contributed by atoms with E-state index in [1.54, 1.807) is 24.3 Å². The summed E-state index contributed by atoms with van der Waals surface area (Å²) in [6.07, 6.45) is -4.21. The van der Waals surface area contributed by atoms with Gasteiger partial charge in [-0.1, -0.05) is 36.3 Å². The topological polar surface area (TPSA) is 94.3 Å². The number of alkyl halides is 5. The van der Waals surface area contributed by atoms with Crippen LogP contribution in [0.25, 0.3) is 0 Å². The Kier molecular flexibility index (Phi) is 10.2. The molecule has 4 unspecified atom stereocenters. The second kappa shape index (κ2) is 13.3. The molecule has 0 aliphatic carbocycles. The van der Waals surface area contributed by atoms with Gasteiger partial charge in [-0.3, -0.25) is 0 Å². The molecule has 2 aromatic carbocycles. The number of halogens is 5. The van der Waals surface area contributed by atoms with Crippen LogP contribution in [0.2, 0.25) is 0 Å². The van der Waals surface area contributed by atoms with Crippen LogP contribution < -0.4 is 4.74 Å². The van der Waals surface area contributed by atoms with E-state index in [0.29, 0.717) is 44.1 Å². The van der Waals surface area contributed by atoms with E-state index in [1.165, 1.54) is 0 Å². The monoisotopic (exact) mass is 617 g/mol. The molecule has 0 radical (unpaired) electrons. The van der Waals surface area contributed by atoms with Gasteiger partial charge < -0.3 is 24.2 Å². The van der Waals surface area contributed by atoms with E-state index in [0.717, 1.165) is 24.0 Å². The molecule has 12 heteroatoms. The first-order valence-corrected chi connectivity index (χ1v) is 15.5. The number of aromatic hydroxyl groups is 2. The van der Waals surface area contributed by atoms with Gasteiger partial charge >= 0.3 is 12.1 Å². The Hall–Kier alpha value is -2.73. The first kappa shape index (κ1) is 32.2. The highest BCUT2D eigenvalue weighted by Crippen LogP contribution is 2.50. The summed E-state index contributed by atoms with van der Waals surface area (Å²) in [5.74, 6) is -3.10. The molecule has 2 aliphatic rings. The largest absolute Gasteiger partial charge is 0.616 e. The fourth-order valence-corrected chi connectivity index (χ4v) is 6.76. The fraction of sp³-hybridized carbons (Fsp3) is 0.567. The smallest absolute Gasteiger partial charge is 0.453 e. The Labute approximate surface area is 245 Å². The molecule has 0 bridgehead atoms. The lowest BCUT2D eigenvalue weighted by atomic mass is 9.66. The minimum Gasteiger partial charge on any atom is -0.616 e. The minimum absolute atomic E-state index is 0.0445. The van der Waals surface area contributed by atoms with Gasteiger partial charge in [0, 0.05) is 30.2 Å². The van der Waals surface area contributed by atoms with Gasteiger partial charge in [0.15, 0.2) is 5.90 Å². The number of aliphatic imine (C=N–C) groups is 1. The normalized spacial score (nSPS) is 23.1. The summed E-state index contributed by atoms with van der Waals surface area (Å²) in [6, 6.07) is 12.2. The van der Waals surface area contributed by atoms with E-state index in [9.17, 15) is 36.7 Å². The molecule has 0 fully saturated rings.